The van der Waals surface area contributed by atoms with Crippen LogP contribution in [0.3, 0.4) is 0 Å². The lowest BCUT2D eigenvalue weighted by Gasteiger charge is -2.42. The number of likely N-dealkylation sites (tertiary alicyclic amines) is 1. The average Bonchev–Trinajstić information content (AvgIpc) is 2.76. The smallest absolute Gasteiger partial charge is 0.320 e. The molecule has 0 radical (unpaired) electrons. The van der Waals surface area contributed by atoms with E-state index in [4.69, 9.17) is 4.74 Å². The molecule has 0 spiro atoms. The summed E-state index contributed by atoms with van der Waals surface area (Å²) in [6, 6.07) is 2.14. The summed E-state index contributed by atoms with van der Waals surface area (Å²) < 4.78 is 32.1. The standard InChI is InChI=1S/C22H29F2N3O4/c1-2-31-19(28)15-7-6-12-27(14-15)20(29)22(10-4-3-5-11-22)26-21(30)25-18-9-8-16(23)13-17(18)24/h8-9,13,15H,2-7,10-12,14H2,1H3,(H2,25,26,30)/t15-/m1/s1. The maximum absolute atomic E-state index is 13.9. The molecule has 3 rings (SSSR count). The van der Waals surface area contributed by atoms with Gasteiger partial charge < -0.3 is 20.3 Å². The third kappa shape index (κ3) is 5.51. The fourth-order valence-corrected chi connectivity index (χ4v) is 4.43. The Bertz CT molecular complexity index is 827. The molecule has 1 saturated carbocycles. The maximum Gasteiger partial charge on any atom is 0.320 e. The summed E-state index contributed by atoms with van der Waals surface area (Å²) in [4.78, 5) is 39.9. The number of benzene rings is 1. The molecule has 1 aromatic carbocycles. The van der Waals surface area contributed by atoms with E-state index in [-0.39, 0.29) is 36.6 Å². The Kier molecular flexibility index (Phi) is 7.46. The molecule has 2 N–H and O–H groups in total. The van der Waals surface area contributed by atoms with Crippen LogP contribution in [0.15, 0.2) is 18.2 Å². The third-order valence-corrected chi connectivity index (χ3v) is 5.98. The number of esters is 1. The zero-order valence-electron chi connectivity index (χ0n) is 17.7. The van der Waals surface area contributed by atoms with E-state index < -0.39 is 23.2 Å². The highest BCUT2D eigenvalue weighted by molar-refractivity contribution is 5.96. The molecule has 31 heavy (non-hydrogen) atoms. The van der Waals surface area contributed by atoms with Gasteiger partial charge in [-0.25, -0.2) is 13.6 Å². The molecule has 1 heterocycles. The summed E-state index contributed by atoms with van der Waals surface area (Å²) in [6.07, 6.45) is 4.76. The molecule has 1 aromatic rings. The van der Waals surface area contributed by atoms with Crippen molar-refractivity contribution in [1.29, 1.82) is 0 Å². The molecule has 2 fully saturated rings. The molecule has 7 nitrogen and oxygen atoms in total. The number of amides is 3. The first-order chi connectivity index (χ1) is 14.8. The molecule has 2 aliphatic rings. The zero-order chi connectivity index (χ0) is 22.4. The number of urea groups is 1. The van der Waals surface area contributed by atoms with Crippen LogP contribution in [0, 0.1) is 17.6 Å². The summed E-state index contributed by atoms with van der Waals surface area (Å²) in [5, 5.41) is 5.15. The molecule has 1 aliphatic carbocycles. The number of piperidine rings is 1. The van der Waals surface area contributed by atoms with Crippen LogP contribution < -0.4 is 10.6 Å². The SMILES string of the molecule is CCOC(=O)[C@@H]1CCCN(C(=O)C2(NC(=O)Nc3ccc(F)cc3F)CCCCC2)C1. The molecule has 1 saturated heterocycles. The number of hydrogen-bond acceptors (Lipinski definition) is 4. The minimum Gasteiger partial charge on any atom is -0.466 e. The third-order valence-electron chi connectivity index (χ3n) is 5.98. The lowest BCUT2D eigenvalue weighted by atomic mass is 9.80. The second-order valence-corrected chi connectivity index (χ2v) is 8.19. The number of ether oxygens (including phenoxy) is 1. The van der Waals surface area contributed by atoms with Gasteiger partial charge >= 0.3 is 12.0 Å². The number of carbonyl (C=O) groups excluding carboxylic acids is 3. The minimum absolute atomic E-state index is 0.169. The lowest BCUT2D eigenvalue weighted by Crippen LogP contribution is -2.62. The molecule has 0 bridgehead atoms. The molecule has 170 valence electrons. The van der Waals surface area contributed by atoms with E-state index >= 15 is 0 Å². The maximum atomic E-state index is 13.9. The largest absolute Gasteiger partial charge is 0.466 e. The van der Waals surface area contributed by atoms with Gasteiger partial charge in [0.15, 0.2) is 0 Å². The van der Waals surface area contributed by atoms with Crippen molar-refractivity contribution in [3.63, 3.8) is 0 Å². The molecule has 9 heteroatoms. The van der Waals surface area contributed by atoms with Gasteiger partial charge in [-0.15, -0.1) is 0 Å². The lowest BCUT2D eigenvalue weighted by molar-refractivity contribution is -0.152. The predicted octanol–water partition coefficient (Wildman–Crippen LogP) is 3.59. The van der Waals surface area contributed by atoms with Gasteiger partial charge in [-0.05, 0) is 44.7 Å². The van der Waals surface area contributed by atoms with Gasteiger partial charge in [0.1, 0.15) is 17.2 Å². The Hall–Kier alpha value is -2.71. The van der Waals surface area contributed by atoms with Gasteiger partial charge in [-0.1, -0.05) is 19.3 Å². The van der Waals surface area contributed by atoms with Gasteiger partial charge in [-0.3, -0.25) is 9.59 Å². The summed E-state index contributed by atoms with van der Waals surface area (Å²) in [6.45, 7) is 2.80. The number of rotatable bonds is 5. The highest BCUT2D eigenvalue weighted by Crippen LogP contribution is 2.32. The van der Waals surface area contributed by atoms with Gasteiger partial charge in [0, 0.05) is 19.2 Å². The van der Waals surface area contributed by atoms with E-state index in [9.17, 15) is 23.2 Å². The topological polar surface area (TPSA) is 87.7 Å². The van der Waals surface area contributed by atoms with Crippen LogP contribution in [-0.4, -0.2) is 48.0 Å². The van der Waals surface area contributed by atoms with Gasteiger partial charge in [0.2, 0.25) is 5.91 Å². The number of halogens is 2. The van der Waals surface area contributed by atoms with E-state index in [1.807, 2.05) is 0 Å². The minimum atomic E-state index is -1.12. The number of hydrogen-bond donors (Lipinski definition) is 2. The van der Waals surface area contributed by atoms with Crippen LogP contribution in [0.4, 0.5) is 19.3 Å². The quantitative estimate of drug-likeness (QED) is 0.689. The molecular weight excluding hydrogens is 408 g/mol. The van der Waals surface area contributed by atoms with Gasteiger partial charge in [0.25, 0.3) is 0 Å². The van der Waals surface area contributed by atoms with Crippen molar-refractivity contribution in [3.8, 4) is 0 Å². The van der Waals surface area contributed by atoms with Crippen molar-refractivity contribution < 1.29 is 27.9 Å². The Morgan fingerprint density at radius 3 is 2.58 bits per heavy atom. The molecule has 3 amide bonds. The zero-order valence-corrected chi connectivity index (χ0v) is 17.7. The number of nitrogens with zero attached hydrogens (tertiary/aromatic N) is 1. The van der Waals surface area contributed by atoms with Gasteiger partial charge in [-0.2, -0.15) is 0 Å². The fraction of sp³-hybridized carbons (Fsp3) is 0.591. The van der Waals surface area contributed by atoms with E-state index in [0.29, 0.717) is 38.3 Å². The van der Waals surface area contributed by atoms with Crippen LogP contribution in [0.5, 0.6) is 0 Å². The summed E-state index contributed by atoms with van der Waals surface area (Å²) >= 11 is 0. The van der Waals surface area contributed by atoms with Crippen LogP contribution in [0.25, 0.3) is 0 Å². The highest BCUT2D eigenvalue weighted by Gasteiger charge is 2.45. The number of nitrogens with one attached hydrogen (secondary N) is 2. The van der Waals surface area contributed by atoms with E-state index in [1.54, 1.807) is 11.8 Å². The first-order valence-electron chi connectivity index (χ1n) is 10.8. The van der Waals surface area contributed by atoms with Crippen LogP contribution in [0.1, 0.15) is 51.9 Å². The second kappa shape index (κ2) is 10.1. The highest BCUT2D eigenvalue weighted by atomic mass is 19.1. The first-order valence-corrected chi connectivity index (χ1v) is 10.8. The summed E-state index contributed by atoms with van der Waals surface area (Å²) in [5.41, 5.74) is -1.28. The van der Waals surface area contributed by atoms with E-state index in [2.05, 4.69) is 10.6 Å². The van der Waals surface area contributed by atoms with Crippen molar-refractivity contribution in [2.24, 2.45) is 5.92 Å². The first kappa shape index (κ1) is 23.0. The summed E-state index contributed by atoms with van der Waals surface area (Å²) in [7, 11) is 0. The Morgan fingerprint density at radius 2 is 1.90 bits per heavy atom. The van der Waals surface area contributed by atoms with Crippen LogP contribution in [-0.2, 0) is 14.3 Å². The van der Waals surface area contributed by atoms with Crippen LogP contribution in [0.2, 0.25) is 0 Å². The molecule has 0 unspecified atom stereocenters. The van der Waals surface area contributed by atoms with Crippen molar-refractivity contribution >= 4 is 23.6 Å². The molecular formula is C22H29F2N3O4. The van der Waals surface area contributed by atoms with Crippen molar-refractivity contribution in [1.82, 2.24) is 10.2 Å². The average molecular weight is 437 g/mol. The normalized spacial score (nSPS) is 20.6. The Labute approximate surface area is 180 Å². The Balaban J connectivity index is 1.72. The predicted molar refractivity (Wildman–Crippen MR) is 110 cm³/mol. The second-order valence-electron chi connectivity index (χ2n) is 8.19. The summed E-state index contributed by atoms with van der Waals surface area (Å²) in [5.74, 6) is -2.55. The van der Waals surface area contributed by atoms with Crippen LogP contribution >= 0.6 is 0 Å². The number of anilines is 1. The molecule has 1 aliphatic heterocycles. The number of carbonyl (C=O) groups is 3. The van der Waals surface area contributed by atoms with E-state index in [1.165, 1.54) is 0 Å². The molecule has 0 aromatic heterocycles. The molecule has 1 atom stereocenters. The van der Waals surface area contributed by atoms with Gasteiger partial charge in [0.05, 0.1) is 18.2 Å². The fourth-order valence-electron chi connectivity index (χ4n) is 4.43. The van der Waals surface area contributed by atoms with Crippen molar-refractivity contribution in [2.45, 2.75) is 57.4 Å². The van der Waals surface area contributed by atoms with Crippen molar-refractivity contribution in [2.75, 3.05) is 25.0 Å². The van der Waals surface area contributed by atoms with E-state index in [0.717, 1.165) is 31.4 Å². The Morgan fingerprint density at radius 1 is 1.16 bits per heavy atom. The van der Waals surface area contributed by atoms with Crippen molar-refractivity contribution in [3.05, 3.63) is 29.8 Å². The monoisotopic (exact) mass is 437 g/mol.